The lowest BCUT2D eigenvalue weighted by molar-refractivity contribution is -0.120. The molecule has 6 nitrogen and oxygen atoms in total. The minimum absolute atomic E-state index is 0.108. The van der Waals surface area contributed by atoms with E-state index < -0.39 is 0 Å². The smallest absolute Gasteiger partial charge is 0.251 e. The highest BCUT2D eigenvalue weighted by Crippen LogP contribution is 2.05. The molecule has 2 aromatic rings. The van der Waals surface area contributed by atoms with Gasteiger partial charge < -0.3 is 16.0 Å². The van der Waals surface area contributed by atoms with Crippen LogP contribution >= 0.6 is 0 Å². The quantitative estimate of drug-likeness (QED) is 0.743. The predicted molar refractivity (Wildman–Crippen MR) is 90.5 cm³/mol. The van der Waals surface area contributed by atoms with E-state index in [1.165, 1.54) is 0 Å². The molecule has 2 rings (SSSR count). The van der Waals surface area contributed by atoms with E-state index in [0.717, 1.165) is 5.56 Å². The van der Waals surface area contributed by atoms with Gasteiger partial charge in [0.25, 0.3) is 11.8 Å². The monoisotopic (exact) mass is 325 g/mol. The van der Waals surface area contributed by atoms with Crippen molar-refractivity contribution in [2.24, 2.45) is 0 Å². The molecule has 0 unspecified atom stereocenters. The van der Waals surface area contributed by atoms with Gasteiger partial charge in [0, 0.05) is 24.7 Å². The third kappa shape index (κ3) is 4.95. The third-order valence-electron chi connectivity index (χ3n) is 3.35. The highest BCUT2D eigenvalue weighted by Gasteiger charge is 2.08. The summed E-state index contributed by atoms with van der Waals surface area (Å²) in [7, 11) is 1.56. The van der Waals surface area contributed by atoms with Gasteiger partial charge >= 0.3 is 0 Å². The summed E-state index contributed by atoms with van der Waals surface area (Å²) >= 11 is 0. The van der Waals surface area contributed by atoms with Gasteiger partial charge in [0.2, 0.25) is 5.91 Å². The molecule has 0 bridgehead atoms. The summed E-state index contributed by atoms with van der Waals surface area (Å²) in [6.07, 6.45) is 0. The first-order valence-electron chi connectivity index (χ1n) is 7.51. The molecule has 3 amide bonds. The summed E-state index contributed by atoms with van der Waals surface area (Å²) in [4.78, 5) is 35.2. The van der Waals surface area contributed by atoms with Gasteiger partial charge in [0.15, 0.2) is 0 Å². The van der Waals surface area contributed by atoms with Crippen molar-refractivity contribution >= 4 is 17.7 Å². The van der Waals surface area contributed by atoms with Crippen molar-refractivity contribution in [1.29, 1.82) is 0 Å². The van der Waals surface area contributed by atoms with E-state index in [2.05, 4.69) is 16.0 Å². The highest BCUT2D eigenvalue weighted by atomic mass is 16.2. The molecule has 0 aliphatic carbocycles. The highest BCUT2D eigenvalue weighted by molar-refractivity contribution is 5.96. The Hall–Kier alpha value is -3.15. The first kappa shape index (κ1) is 17.2. The molecule has 0 radical (unpaired) electrons. The molecule has 2 aromatic carbocycles. The van der Waals surface area contributed by atoms with Crippen molar-refractivity contribution < 1.29 is 14.4 Å². The second-order valence-corrected chi connectivity index (χ2v) is 5.10. The summed E-state index contributed by atoms with van der Waals surface area (Å²) in [6.45, 7) is 0.174. The van der Waals surface area contributed by atoms with Crippen molar-refractivity contribution in [2.75, 3.05) is 13.6 Å². The molecular weight excluding hydrogens is 306 g/mol. The summed E-state index contributed by atoms with van der Waals surface area (Å²) in [5.74, 6) is -0.782. The maximum absolute atomic E-state index is 11.8. The van der Waals surface area contributed by atoms with Crippen molar-refractivity contribution in [2.45, 2.75) is 6.54 Å². The van der Waals surface area contributed by atoms with Crippen LogP contribution < -0.4 is 16.0 Å². The molecular formula is C18H19N3O3. The van der Waals surface area contributed by atoms with Crippen LogP contribution in [0.3, 0.4) is 0 Å². The fourth-order valence-electron chi connectivity index (χ4n) is 2.08. The zero-order valence-corrected chi connectivity index (χ0v) is 13.3. The summed E-state index contributed by atoms with van der Waals surface area (Å²) in [5, 5.41) is 7.81. The Kier molecular flexibility index (Phi) is 6.08. The zero-order chi connectivity index (χ0) is 17.4. The lowest BCUT2D eigenvalue weighted by Crippen LogP contribution is -2.36. The number of carbonyl (C=O) groups excluding carboxylic acids is 3. The van der Waals surface area contributed by atoms with Crippen LogP contribution in [0.5, 0.6) is 0 Å². The molecule has 0 aliphatic heterocycles. The molecule has 6 heteroatoms. The molecule has 24 heavy (non-hydrogen) atoms. The van der Waals surface area contributed by atoms with Crippen molar-refractivity contribution in [3.05, 3.63) is 71.3 Å². The van der Waals surface area contributed by atoms with Gasteiger partial charge in [-0.2, -0.15) is 0 Å². The van der Waals surface area contributed by atoms with Crippen LogP contribution in [0.1, 0.15) is 26.3 Å². The fraction of sp³-hybridized carbons (Fsp3) is 0.167. The van der Waals surface area contributed by atoms with E-state index in [0.29, 0.717) is 11.1 Å². The second kappa shape index (κ2) is 8.47. The average molecular weight is 325 g/mol. The maximum atomic E-state index is 11.8. The Morgan fingerprint density at radius 3 is 2.25 bits per heavy atom. The van der Waals surface area contributed by atoms with E-state index >= 15 is 0 Å². The first-order valence-corrected chi connectivity index (χ1v) is 7.51. The third-order valence-corrected chi connectivity index (χ3v) is 3.35. The maximum Gasteiger partial charge on any atom is 0.251 e. The van der Waals surface area contributed by atoms with Gasteiger partial charge in [-0.25, -0.2) is 0 Å². The molecule has 0 atom stereocenters. The summed E-state index contributed by atoms with van der Waals surface area (Å²) in [6, 6.07) is 15.7. The van der Waals surface area contributed by atoms with Gasteiger partial charge in [0.05, 0.1) is 6.54 Å². The minimum atomic E-state index is -0.301. The molecule has 0 fully saturated rings. The lowest BCUT2D eigenvalue weighted by atomic mass is 10.1. The number of carbonyl (C=O) groups is 3. The molecule has 0 aromatic heterocycles. The Bertz CT molecular complexity index is 729. The van der Waals surface area contributed by atoms with Gasteiger partial charge in [0.1, 0.15) is 0 Å². The number of amides is 3. The van der Waals surface area contributed by atoms with Crippen molar-refractivity contribution in [3.63, 3.8) is 0 Å². The van der Waals surface area contributed by atoms with Crippen LogP contribution in [0.4, 0.5) is 0 Å². The zero-order valence-electron chi connectivity index (χ0n) is 13.3. The van der Waals surface area contributed by atoms with E-state index in [9.17, 15) is 14.4 Å². The number of rotatable bonds is 6. The summed E-state index contributed by atoms with van der Waals surface area (Å²) < 4.78 is 0. The van der Waals surface area contributed by atoms with Crippen molar-refractivity contribution in [1.82, 2.24) is 16.0 Å². The van der Waals surface area contributed by atoms with Gasteiger partial charge in [-0.1, -0.05) is 30.3 Å². The molecule has 0 aliphatic rings. The van der Waals surface area contributed by atoms with E-state index in [-0.39, 0.29) is 30.8 Å². The SMILES string of the molecule is CNC(=O)c1cccc(CNC(=O)CNC(=O)c2ccccc2)c1. The lowest BCUT2D eigenvalue weighted by Gasteiger charge is -2.08. The Morgan fingerprint density at radius 2 is 1.54 bits per heavy atom. The van der Waals surface area contributed by atoms with Crippen LogP contribution in [-0.4, -0.2) is 31.3 Å². The Labute approximate surface area is 140 Å². The van der Waals surface area contributed by atoms with E-state index in [4.69, 9.17) is 0 Å². The molecule has 3 N–H and O–H groups in total. The largest absolute Gasteiger partial charge is 0.355 e. The molecule has 124 valence electrons. The molecule has 0 saturated heterocycles. The van der Waals surface area contributed by atoms with E-state index in [1.807, 2.05) is 12.1 Å². The van der Waals surface area contributed by atoms with Crippen LogP contribution in [-0.2, 0) is 11.3 Å². The van der Waals surface area contributed by atoms with Crippen molar-refractivity contribution in [3.8, 4) is 0 Å². The van der Waals surface area contributed by atoms with Gasteiger partial charge in [-0.05, 0) is 29.8 Å². The normalized spacial score (nSPS) is 9.88. The first-order chi connectivity index (χ1) is 11.6. The van der Waals surface area contributed by atoms with Crippen LogP contribution in [0.2, 0.25) is 0 Å². The molecule has 0 heterocycles. The standard InChI is InChI=1S/C18H19N3O3/c1-19-17(23)15-9-5-6-13(10-15)11-20-16(22)12-21-18(24)14-7-3-2-4-8-14/h2-10H,11-12H2,1H3,(H,19,23)(H,20,22)(H,21,24). The molecule has 0 spiro atoms. The number of nitrogens with one attached hydrogen (secondary N) is 3. The fourth-order valence-corrected chi connectivity index (χ4v) is 2.08. The van der Waals surface area contributed by atoms with Crippen LogP contribution in [0.25, 0.3) is 0 Å². The topological polar surface area (TPSA) is 87.3 Å². The van der Waals surface area contributed by atoms with Crippen LogP contribution in [0, 0.1) is 0 Å². The second-order valence-electron chi connectivity index (χ2n) is 5.10. The predicted octanol–water partition coefficient (Wildman–Crippen LogP) is 1.09. The van der Waals surface area contributed by atoms with E-state index in [1.54, 1.807) is 49.5 Å². The average Bonchev–Trinajstić information content (AvgIpc) is 2.64. The number of benzene rings is 2. The van der Waals surface area contributed by atoms with Gasteiger partial charge in [-0.3, -0.25) is 14.4 Å². The Morgan fingerprint density at radius 1 is 0.833 bits per heavy atom. The molecule has 0 saturated carbocycles. The minimum Gasteiger partial charge on any atom is -0.355 e. The van der Waals surface area contributed by atoms with Crippen LogP contribution in [0.15, 0.2) is 54.6 Å². The summed E-state index contributed by atoms with van der Waals surface area (Å²) in [5.41, 5.74) is 1.84. The number of hydrogen-bond acceptors (Lipinski definition) is 3. The van der Waals surface area contributed by atoms with Gasteiger partial charge in [-0.15, -0.1) is 0 Å². The number of hydrogen-bond donors (Lipinski definition) is 3. The Balaban J connectivity index is 1.81.